The molecular weight excluding hydrogens is 310 g/mol. The Morgan fingerprint density at radius 1 is 1.32 bits per heavy atom. The van der Waals surface area contributed by atoms with E-state index in [-0.39, 0.29) is 6.61 Å². The van der Waals surface area contributed by atoms with Gasteiger partial charge < -0.3 is 15.6 Å². The van der Waals surface area contributed by atoms with Crippen LogP contribution in [0.15, 0.2) is 29.8 Å². The SMILES string of the molecule is CC(C)=CCOC[C@@H]1CCc2cc([C@H](CN)CCCCO)ccc2C1. The minimum absolute atomic E-state index is 0.276. The molecule has 1 aromatic rings. The van der Waals surface area contributed by atoms with Crippen molar-refractivity contribution >= 4 is 0 Å². The molecule has 3 heteroatoms. The highest BCUT2D eigenvalue weighted by molar-refractivity contribution is 5.36. The topological polar surface area (TPSA) is 55.5 Å². The van der Waals surface area contributed by atoms with Crippen molar-refractivity contribution in [3.05, 3.63) is 46.5 Å². The van der Waals surface area contributed by atoms with Crippen LogP contribution in [0.1, 0.15) is 62.1 Å². The zero-order valence-corrected chi connectivity index (χ0v) is 16.0. The molecule has 1 aliphatic carbocycles. The summed E-state index contributed by atoms with van der Waals surface area (Å²) < 4.78 is 5.82. The first-order valence-electron chi connectivity index (χ1n) is 9.77. The molecule has 0 bridgehead atoms. The number of nitrogens with two attached hydrogens (primary N) is 1. The van der Waals surface area contributed by atoms with E-state index in [9.17, 15) is 0 Å². The average molecular weight is 346 g/mol. The minimum Gasteiger partial charge on any atom is -0.396 e. The van der Waals surface area contributed by atoms with Gasteiger partial charge in [0.2, 0.25) is 0 Å². The highest BCUT2D eigenvalue weighted by Crippen LogP contribution is 2.30. The lowest BCUT2D eigenvalue weighted by Crippen LogP contribution is -2.20. The van der Waals surface area contributed by atoms with Crippen LogP contribution in [-0.4, -0.2) is 31.5 Å². The molecule has 0 aromatic heterocycles. The Bertz CT molecular complexity index is 549. The third-order valence-corrected chi connectivity index (χ3v) is 5.24. The van der Waals surface area contributed by atoms with Gasteiger partial charge in [-0.05, 0) is 81.0 Å². The van der Waals surface area contributed by atoms with Crippen LogP contribution in [0.25, 0.3) is 0 Å². The Morgan fingerprint density at radius 2 is 2.16 bits per heavy atom. The summed E-state index contributed by atoms with van der Waals surface area (Å²) >= 11 is 0. The molecule has 25 heavy (non-hydrogen) atoms. The van der Waals surface area contributed by atoms with E-state index in [1.807, 2.05) is 0 Å². The lowest BCUT2D eigenvalue weighted by Gasteiger charge is -2.26. The fourth-order valence-corrected chi connectivity index (χ4v) is 3.63. The van der Waals surface area contributed by atoms with E-state index >= 15 is 0 Å². The molecule has 140 valence electrons. The molecule has 0 amide bonds. The Balaban J connectivity index is 1.90. The molecule has 1 aromatic carbocycles. The van der Waals surface area contributed by atoms with Crippen LogP contribution >= 0.6 is 0 Å². The first-order chi connectivity index (χ1) is 12.1. The van der Waals surface area contributed by atoms with Crippen LogP contribution < -0.4 is 5.73 Å². The van der Waals surface area contributed by atoms with Crippen LogP contribution in [-0.2, 0) is 17.6 Å². The van der Waals surface area contributed by atoms with Gasteiger partial charge in [0.05, 0.1) is 13.2 Å². The van der Waals surface area contributed by atoms with Gasteiger partial charge in [-0.2, -0.15) is 0 Å². The second kappa shape index (κ2) is 10.7. The maximum atomic E-state index is 8.97. The van der Waals surface area contributed by atoms with E-state index in [0.29, 0.717) is 18.4 Å². The van der Waals surface area contributed by atoms with Crippen molar-refractivity contribution in [1.29, 1.82) is 0 Å². The molecule has 0 saturated heterocycles. The number of ether oxygens (including phenoxy) is 1. The number of hydrogen-bond donors (Lipinski definition) is 2. The quantitative estimate of drug-likeness (QED) is 0.498. The predicted molar refractivity (Wildman–Crippen MR) is 105 cm³/mol. The molecule has 0 saturated carbocycles. The third-order valence-electron chi connectivity index (χ3n) is 5.24. The van der Waals surface area contributed by atoms with E-state index in [1.54, 1.807) is 0 Å². The van der Waals surface area contributed by atoms with Crippen molar-refractivity contribution in [3.8, 4) is 0 Å². The number of allylic oxidation sites excluding steroid dienone is 1. The first-order valence-corrected chi connectivity index (χ1v) is 9.77. The Kier molecular flexibility index (Phi) is 8.66. The van der Waals surface area contributed by atoms with Crippen molar-refractivity contribution in [1.82, 2.24) is 0 Å². The van der Waals surface area contributed by atoms with Crippen molar-refractivity contribution in [2.24, 2.45) is 11.7 Å². The summed E-state index contributed by atoms with van der Waals surface area (Å²) in [5.41, 5.74) is 11.7. The Labute approximate surface area is 153 Å². The smallest absolute Gasteiger partial charge is 0.0649 e. The summed E-state index contributed by atoms with van der Waals surface area (Å²) in [6.07, 6.45) is 8.61. The molecule has 2 atom stereocenters. The summed E-state index contributed by atoms with van der Waals surface area (Å²) in [5.74, 6) is 1.06. The highest BCUT2D eigenvalue weighted by Gasteiger charge is 2.20. The lowest BCUT2D eigenvalue weighted by atomic mass is 9.81. The molecular formula is C22H35NO2. The van der Waals surface area contributed by atoms with Gasteiger partial charge in [0.15, 0.2) is 0 Å². The van der Waals surface area contributed by atoms with Crippen molar-refractivity contribution < 1.29 is 9.84 Å². The number of unbranched alkanes of at least 4 members (excludes halogenated alkanes) is 1. The van der Waals surface area contributed by atoms with Gasteiger partial charge in [-0.1, -0.05) is 36.3 Å². The summed E-state index contributed by atoms with van der Waals surface area (Å²) in [4.78, 5) is 0. The van der Waals surface area contributed by atoms with Crippen molar-refractivity contribution in [2.45, 2.75) is 58.3 Å². The van der Waals surface area contributed by atoms with Gasteiger partial charge >= 0.3 is 0 Å². The second-order valence-corrected chi connectivity index (χ2v) is 7.61. The molecule has 0 heterocycles. The molecule has 2 rings (SSSR count). The summed E-state index contributed by atoms with van der Waals surface area (Å²) in [6, 6.07) is 6.95. The molecule has 1 aliphatic rings. The molecule has 0 spiro atoms. The lowest BCUT2D eigenvalue weighted by molar-refractivity contribution is 0.116. The van der Waals surface area contributed by atoms with E-state index < -0.39 is 0 Å². The molecule has 0 radical (unpaired) electrons. The van der Waals surface area contributed by atoms with Crippen LogP contribution in [0.3, 0.4) is 0 Å². The molecule has 0 unspecified atom stereocenters. The number of aliphatic hydroxyl groups is 1. The van der Waals surface area contributed by atoms with Crippen molar-refractivity contribution in [2.75, 3.05) is 26.4 Å². The van der Waals surface area contributed by atoms with E-state index in [1.165, 1.54) is 28.7 Å². The zero-order chi connectivity index (χ0) is 18.1. The summed E-state index contributed by atoms with van der Waals surface area (Å²) in [5, 5.41) is 8.97. The Morgan fingerprint density at radius 3 is 2.88 bits per heavy atom. The van der Waals surface area contributed by atoms with Crippen LogP contribution in [0.5, 0.6) is 0 Å². The van der Waals surface area contributed by atoms with Crippen LogP contribution in [0, 0.1) is 5.92 Å². The third kappa shape index (κ3) is 6.58. The number of fused-ring (bicyclic) bond motifs is 1. The predicted octanol–water partition coefficient (Wildman–Crippen LogP) is 3.98. The van der Waals surface area contributed by atoms with E-state index in [0.717, 1.165) is 45.3 Å². The van der Waals surface area contributed by atoms with Gasteiger partial charge in [0.25, 0.3) is 0 Å². The zero-order valence-electron chi connectivity index (χ0n) is 16.0. The Hall–Kier alpha value is -1.16. The van der Waals surface area contributed by atoms with Gasteiger partial charge in [0, 0.05) is 6.61 Å². The number of rotatable bonds is 10. The highest BCUT2D eigenvalue weighted by atomic mass is 16.5. The number of aryl methyl sites for hydroxylation is 1. The number of hydrogen-bond acceptors (Lipinski definition) is 3. The van der Waals surface area contributed by atoms with E-state index in [4.69, 9.17) is 15.6 Å². The standard InChI is InChI=1S/C22H35NO2/c1-17(2)10-12-25-16-18-6-7-20-14-21(9-8-19(20)13-18)22(15-23)5-3-4-11-24/h8-10,14,18,22,24H,3-7,11-13,15-16,23H2,1-2H3/t18-,22+/m1/s1. The van der Waals surface area contributed by atoms with Gasteiger partial charge in [0.1, 0.15) is 0 Å². The van der Waals surface area contributed by atoms with Gasteiger partial charge in [-0.25, -0.2) is 0 Å². The average Bonchev–Trinajstić information content (AvgIpc) is 2.62. The molecule has 0 fully saturated rings. The monoisotopic (exact) mass is 345 g/mol. The van der Waals surface area contributed by atoms with Crippen LogP contribution in [0.4, 0.5) is 0 Å². The van der Waals surface area contributed by atoms with E-state index in [2.05, 4.69) is 38.1 Å². The minimum atomic E-state index is 0.276. The first kappa shape index (κ1) is 20.2. The molecule has 3 N–H and O–H groups in total. The maximum Gasteiger partial charge on any atom is 0.0649 e. The largest absolute Gasteiger partial charge is 0.396 e. The fraction of sp³-hybridized carbons (Fsp3) is 0.636. The van der Waals surface area contributed by atoms with Crippen molar-refractivity contribution in [3.63, 3.8) is 0 Å². The number of aliphatic hydroxyl groups excluding tert-OH is 1. The normalized spacial score (nSPS) is 17.8. The molecule has 3 nitrogen and oxygen atoms in total. The second-order valence-electron chi connectivity index (χ2n) is 7.61. The van der Waals surface area contributed by atoms with Gasteiger partial charge in [-0.3, -0.25) is 0 Å². The fourth-order valence-electron chi connectivity index (χ4n) is 3.63. The summed E-state index contributed by atoms with van der Waals surface area (Å²) in [6.45, 7) is 6.77. The van der Waals surface area contributed by atoms with Crippen LogP contribution in [0.2, 0.25) is 0 Å². The molecule has 0 aliphatic heterocycles. The van der Waals surface area contributed by atoms with Gasteiger partial charge in [-0.15, -0.1) is 0 Å². The maximum absolute atomic E-state index is 8.97. The number of benzene rings is 1. The summed E-state index contributed by atoms with van der Waals surface area (Å²) in [7, 11) is 0.